The maximum atomic E-state index is 13.9. The lowest BCUT2D eigenvalue weighted by Crippen LogP contribution is -2.33. The van der Waals surface area contributed by atoms with Crippen LogP contribution in [0.2, 0.25) is 0 Å². The molecule has 0 radical (unpaired) electrons. The minimum Gasteiger partial charge on any atom is -0.463 e. The van der Waals surface area contributed by atoms with Crippen LogP contribution in [0.4, 0.5) is 13.2 Å². The number of halogens is 3. The third-order valence-electron chi connectivity index (χ3n) is 3.74. The van der Waals surface area contributed by atoms with Gasteiger partial charge in [-0.25, -0.2) is 18.0 Å². The lowest BCUT2D eigenvalue weighted by Gasteiger charge is -2.23. The molecule has 1 amide bonds. The van der Waals surface area contributed by atoms with Crippen LogP contribution in [-0.2, 0) is 32.2 Å². The Labute approximate surface area is 153 Å². The van der Waals surface area contributed by atoms with Crippen LogP contribution >= 0.6 is 0 Å². The topological polar surface area (TPSA) is 63.7 Å². The van der Waals surface area contributed by atoms with Crippen LogP contribution in [0.1, 0.15) is 17.5 Å². The number of carbonyl (C=O) groups is 3. The molecule has 0 aromatic heterocycles. The summed E-state index contributed by atoms with van der Waals surface area (Å²) in [7, 11) is 1.01. The minimum absolute atomic E-state index is 0.0254. The summed E-state index contributed by atoms with van der Waals surface area (Å²) in [4.78, 5) is 36.5. The second kappa shape index (κ2) is 8.98. The van der Waals surface area contributed by atoms with Crippen molar-refractivity contribution in [3.63, 3.8) is 0 Å². The first-order valence-electron chi connectivity index (χ1n) is 7.87. The lowest BCUT2D eigenvalue weighted by atomic mass is 10.1. The summed E-state index contributed by atoms with van der Waals surface area (Å²) >= 11 is 0. The Hall–Kier alpha value is -3.16. The molecule has 142 valence electrons. The number of ether oxygens (including phenoxy) is 1. The zero-order valence-electron chi connectivity index (χ0n) is 14.4. The van der Waals surface area contributed by atoms with Crippen molar-refractivity contribution in [1.82, 2.24) is 4.90 Å². The number of amides is 1. The predicted octanol–water partition coefficient (Wildman–Crippen LogP) is 2.76. The van der Waals surface area contributed by atoms with Gasteiger partial charge >= 0.3 is 5.97 Å². The normalized spacial score (nSPS) is 10.4. The number of carbonyl (C=O) groups excluding carboxylic acids is 3. The summed E-state index contributed by atoms with van der Waals surface area (Å²) in [5, 5.41) is 0. The van der Waals surface area contributed by atoms with E-state index in [1.165, 1.54) is 30.3 Å². The minimum atomic E-state index is -1.17. The number of hydrogen-bond donors (Lipinski definition) is 0. The van der Waals surface area contributed by atoms with Crippen molar-refractivity contribution in [2.45, 2.75) is 19.5 Å². The number of Topliss-reactive ketones (excluding diaryl/α,β-unsaturated/α-hetero) is 1. The van der Waals surface area contributed by atoms with Gasteiger partial charge in [0.1, 0.15) is 17.5 Å². The Balaban J connectivity index is 2.23. The van der Waals surface area contributed by atoms with Crippen LogP contribution in [0, 0.1) is 17.5 Å². The summed E-state index contributed by atoms with van der Waals surface area (Å²) in [5.74, 6) is -5.07. The van der Waals surface area contributed by atoms with E-state index in [0.29, 0.717) is 11.6 Å². The fraction of sp³-hybridized carbons (Fsp3) is 0.211. The van der Waals surface area contributed by atoms with Crippen molar-refractivity contribution in [3.05, 3.63) is 71.0 Å². The highest BCUT2D eigenvalue weighted by Crippen LogP contribution is 2.16. The Morgan fingerprint density at radius 3 is 2.15 bits per heavy atom. The molecule has 2 aromatic carbocycles. The van der Waals surface area contributed by atoms with Crippen LogP contribution in [-0.4, -0.2) is 29.7 Å². The first-order valence-corrected chi connectivity index (χ1v) is 7.87. The van der Waals surface area contributed by atoms with E-state index >= 15 is 0 Å². The zero-order valence-corrected chi connectivity index (χ0v) is 14.4. The van der Waals surface area contributed by atoms with Crippen molar-refractivity contribution >= 4 is 17.7 Å². The lowest BCUT2D eigenvalue weighted by molar-refractivity contribution is -0.153. The van der Waals surface area contributed by atoms with Crippen LogP contribution < -0.4 is 0 Å². The average molecular weight is 379 g/mol. The summed E-state index contributed by atoms with van der Waals surface area (Å²) in [6.07, 6.45) is -0.767. The van der Waals surface area contributed by atoms with E-state index < -0.39 is 41.5 Å². The van der Waals surface area contributed by atoms with Gasteiger partial charge in [0.05, 0.1) is 13.5 Å². The average Bonchev–Trinajstić information content (AvgIpc) is 2.64. The second-order valence-corrected chi connectivity index (χ2v) is 5.70. The van der Waals surface area contributed by atoms with Crippen LogP contribution in [0.3, 0.4) is 0 Å². The Morgan fingerprint density at radius 1 is 0.926 bits per heavy atom. The Kier molecular flexibility index (Phi) is 6.70. The molecule has 2 aromatic rings. The van der Waals surface area contributed by atoms with E-state index in [9.17, 15) is 27.6 Å². The van der Waals surface area contributed by atoms with E-state index in [4.69, 9.17) is 0 Å². The summed E-state index contributed by atoms with van der Waals surface area (Å²) in [6, 6.07) is 8.13. The third-order valence-corrected chi connectivity index (χ3v) is 3.74. The maximum absolute atomic E-state index is 13.9. The predicted molar refractivity (Wildman–Crippen MR) is 88.7 cm³/mol. The summed E-state index contributed by atoms with van der Waals surface area (Å²) in [6.45, 7) is -0.332. The van der Waals surface area contributed by atoms with Crippen molar-refractivity contribution < 1.29 is 32.3 Å². The highest BCUT2D eigenvalue weighted by Gasteiger charge is 2.23. The standard InChI is InChI=1S/C19H16F3NO4/c1-27-19(26)17(24)9-18(25)23(10-12-2-5-14(20)6-3-12)11-13-4-7-15(21)8-16(13)22/h2-8H,9-11H2,1H3. The van der Waals surface area contributed by atoms with Crippen LogP contribution in [0.5, 0.6) is 0 Å². The monoisotopic (exact) mass is 379 g/mol. The van der Waals surface area contributed by atoms with Gasteiger partial charge in [-0.2, -0.15) is 0 Å². The molecule has 0 fully saturated rings. The van der Waals surface area contributed by atoms with E-state index in [1.807, 2.05) is 0 Å². The largest absolute Gasteiger partial charge is 0.463 e. The summed E-state index contributed by atoms with van der Waals surface area (Å²) in [5.41, 5.74) is 0.551. The second-order valence-electron chi connectivity index (χ2n) is 5.70. The fourth-order valence-corrected chi connectivity index (χ4v) is 2.33. The molecule has 8 heteroatoms. The molecule has 0 aliphatic rings. The van der Waals surface area contributed by atoms with Gasteiger partial charge in [0.2, 0.25) is 11.7 Å². The van der Waals surface area contributed by atoms with Crippen molar-refractivity contribution in [3.8, 4) is 0 Å². The molecule has 0 spiro atoms. The molecule has 27 heavy (non-hydrogen) atoms. The molecule has 0 atom stereocenters. The number of nitrogens with zero attached hydrogens (tertiary/aromatic N) is 1. The number of esters is 1. The third kappa shape index (κ3) is 5.67. The highest BCUT2D eigenvalue weighted by molar-refractivity contribution is 6.36. The van der Waals surface area contributed by atoms with Gasteiger partial charge < -0.3 is 9.64 Å². The smallest absolute Gasteiger partial charge is 0.374 e. The molecule has 0 N–H and O–H groups in total. The van der Waals surface area contributed by atoms with E-state index in [1.54, 1.807) is 0 Å². The van der Waals surface area contributed by atoms with Crippen molar-refractivity contribution in [2.24, 2.45) is 0 Å². The zero-order chi connectivity index (χ0) is 20.0. The fourth-order valence-electron chi connectivity index (χ4n) is 2.33. The van der Waals surface area contributed by atoms with Gasteiger partial charge in [-0.1, -0.05) is 18.2 Å². The molecule has 0 unspecified atom stereocenters. The molecule has 0 aliphatic carbocycles. The molecule has 0 saturated heterocycles. The Morgan fingerprint density at radius 2 is 1.56 bits per heavy atom. The molecule has 2 rings (SSSR count). The highest BCUT2D eigenvalue weighted by atomic mass is 19.1. The van der Waals surface area contributed by atoms with Gasteiger partial charge in [-0.05, 0) is 23.8 Å². The van der Waals surface area contributed by atoms with E-state index in [2.05, 4.69) is 4.74 Å². The van der Waals surface area contributed by atoms with Gasteiger partial charge in [-0.3, -0.25) is 9.59 Å². The van der Waals surface area contributed by atoms with Gasteiger partial charge in [0.15, 0.2) is 0 Å². The molecule has 0 bridgehead atoms. The molecular weight excluding hydrogens is 363 g/mol. The first kappa shape index (κ1) is 20.2. The van der Waals surface area contributed by atoms with E-state index in [0.717, 1.165) is 18.1 Å². The maximum Gasteiger partial charge on any atom is 0.374 e. The molecule has 0 aliphatic heterocycles. The van der Waals surface area contributed by atoms with Crippen molar-refractivity contribution in [1.29, 1.82) is 0 Å². The van der Waals surface area contributed by atoms with Gasteiger partial charge in [-0.15, -0.1) is 0 Å². The quantitative estimate of drug-likeness (QED) is 0.422. The molecule has 0 saturated carbocycles. The molecule has 0 heterocycles. The molecule has 5 nitrogen and oxygen atoms in total. The number of hydrogen-bond acceptors (Lipinski definition) is 4. The number of methoxy groups -OCH3 is 1. The number of rotatable bonds is 7. The molecular formula is C19H16F3NO4. The number of benzene rings is 2. The van der Waals surface area contributed by atoms with Crippen LogP contribution in [0.15, 0.2) is 42.5 Å². The summed E-state index contributed by atoms with van der Waals surface area (Å²) < 4.78 is 44.3. The number of ketones is 1. The van der Waals surface area contributed by atoms with Gasteiger partial charge in [0, 0.05) is 24.7 Å². The Bertz CT molecular complexity index is 853. The van der Waals surface area contributed by atoms with Crippen molar-refractivity contribution in [2.75, 3.05) is 7.11 Å². The first-order chi connectivity index (χ1) is 12.8. The van der Waals surface area contributed by atoms with Crippen LogP contribution in [0.25, 0.3) is 0 Å². The van der Waals surface area contributed by atoms with Gasteiger partial charge in [0.25, 0.3) is 0 Å². The SMILES string of the molecule is COC(=O)C(=O)CC(=O)N(Cc1ccc(F)cc1)Cc1ccc(F)cc1F. The van der Waals surface area contributed by atoms with E-state index in [-0.39, 0.29) is 18.7 Å².